The fourth-order valence-corrected chi connectivity index (χ4v) is 6.85. The van der Waals surface area contributed by atoms with Crippen LogP contribution in [0, 0.1) is 0 Å². The van der Waals surface area contributed by atoms with E-state index in [1.165, 1.54) is 0 Å². The number of nitrogens with zero attached hydrogens (tertiary/aromatic N) is 4. The third kappa shape index (κ3) is 4.20. The van der Waals surface area contributed by atoms with Gasteiger partial charge in [0.25, 0.3) is 0 Å². The van der Waals surface area contributed by atoms with Crippen LogP contribution in [0.15, 0.2) is 166 Å². The van der Waals surface area contributed by atoms with Crippen LogP contribution in [0.1, 0.15) is 15.1 Å². The fourth-order valence-electron chi connectivity index (χ4n) is 6.85. The van der Waals surface area contributed by atoms with Gasteiger partial charge in [0.05, 0.1) is 20.6 Å². The summed E-state index contributed by atoms with van der Waals surface area (Å²) in [6.45, 7) is 0. The van der Waals surface area contributed by atoms with Crippen LogP contribution >= 0.6 is 0 Å². The Morgan fingerprint density at radius 3 is 2.14 bits per heavy atom. The van der Waals surface area contributed by atoms with E-state index >= 15 is 0 Å². The molecule has 0 unspecified atom stereocenters. The normalized spacial score (nSPS) is 14.9. The van der Waals surface area contributed by atoms with E-state index < -0.39 is 72.0 Å². The van der Waals surface area contributed by atoms with Gasteiger partial charge in [-0.3, -0.25) is 4.57 Å². The lowest BCUT2D eigenvalue weighted by Crippen LogP contribution is -2.06. The SMILES string of the molecule is [2H]c1c([2H])c([2H])c(-c2c([2H])c([2H])c([2H])c3oc4c([2H])c(-c5nc(-c6ccccc6)nc(-n6c7ccccc7c7ccc8c9ccccc9oc8c76)n5)c([2H])c([2H])c4c23)c([2H])c1[2H]. The first kappa shape index (κ1) is 19.2. The number of rotatable bonds is 4. The number of fused-ring (bicyclic) bond motifs is 10. The number of aromatic nitrogens is 4. The van der Waals surface area contributed by atoms with Crippen LogP contribution in [0.5, 0.6) is 0 Å². The Balaban J connectivity index is 1.25. The van der Waals surface area contributed by atoms with E-state index in [2.05, 4.69) is 0 Å². The van der Waals surface area contributed by atoms with Crippen LogP contribution < -0.4 is 0 Å². The molecule has 11 rings (SSSR count). The first-order valence-electron chi connectivity index (χ1n) is 21.6. The van der Waals surface area contributed by atoms with Crippen LogP contribution in [0.3, 0.4) is 0 Å². The van der Waals surface area contributed by atoms with Crippen molar-refractivity contribution in [3.8, 4) is 39.9 Å². The minimum Gasteiger partial charge on any atom is -0.456 e. The molecular formula is C45H26N4O2. The molecule has 11 aromatic rings. The smallest absolute Gasteiger partial charge is 0.238 e. The Kier molecular flexibility index (Phi) is 4.04. The van der Waals surface area contributed by atoms with Gasteiger partial charge in [-0.05, 0) is 47.5 Å². The third-order valence-electron chi connectivity index (χ3n) is 9.08. The zero-order valence-electron chi connectivity index (χ0n) is 37.3. The molecule has 0 saturated carbocycles. The molecule has 0 radical (unpaired) electrons. The molecule has 0 saturated heterocycles. The predicted molar refractivity (Wildman–Crippen MR) is 205 cm³/mol. The molecular weight excluding hydrogens is 629 g/mol. The van der Waals surface area contributed by atoms with E-state index in [1.54, 1.807) is 12.1 Å². The highest BCUT2D eigenvalue weighted by Crippen LogP contribution is 2.41. The van der Waals surface area contributed by atoms with Crippen molar-refractivity contribution in [3.63, 3.8) is 0 Å². The van der Waals surface area contributed by atoms with Crippen molar-refractivity contribution in [2.24, 2.45) is 0 Å². The molecule has 0 bridgehead atoms. The molecule has 4 aromatic heterocycles. The standard InChI is InChI=1S/C45H26N4O2/c1-3-12-27(13-4-1)30-18-11-21-38-40(30)35-23-22-29(26-39(35)50-38)44-46-43(28-14-5-2-6-15-28)47-45(48-44)49-36-19-9-7-16-31(36)33-24-25-34-32-17-8-10-20-37(32)51-42(34)41(33)49/h1-26H/i1D,3D,4D,11D,12D,13D,18D,21D,22D,23D,26D. The summed E-state index contributed by atoms with van der Waals surface area (Å²) in [5, 5.41) is 3.12. The number of furan rings is 2. The third-order valence-corrected chi connectivity index (χ3v) is 9.08. The van der Waals surface area contributed by atoms with Crippen LogP contribution in [0.4, 0.5) is 0 Å². The van der Waals surface area contributed by atoms with Gasteiger partial charge in [0.15, 0.2) is 17.2 Å². The largest absolute Gasteiger partial charge is 0.456 e. The van der Waals surface area contributed by atoms with Gasteiger partial charge in [-0.25, -0.2) is 4.98 Å². The average molecular weight is 666 g/mol. The zero-order chi connectivity index (χ0) is 43.0. The first-order valence-corrected chi connectivity index (χ1v) is 16.1. The van der Waals surface area contributed by atoms with Gasteiger partial charge >= 0.3 is 0 Å². The second kappa shape index (κ2) is 10.7. The highest BCUT2D eigenvalue weighted by Gasteiger charge is 2.22. The number of para-hydroxylation sites is 2. The van der Waals surface area contributed by atoms with E-state index in [9.17, 15) is 4.11 Å². The Morgan fingerprint density at radius 1 is 0.490 bits per heavy atom. The molecule has 7 aromatic carbocycles. The molecule has 238 valence electrons. The van der Waals surface area contributed by atoms with Gasteiger partial charge in [0, 0.05) is 43.4 Å². The first-order chi connectivity index (χ1) is 29.9. The van der Waals surface area contributed by atoms with Crippen LogP contribution in [-0.2, 0) is 0 Å². The van der Waals surface area contributed by atoms with Crippen molar-refractivity contribution >= 4 is 65.7 Å². The average Bonchev–Trinajstić information content (AvgIpc) is 3.98. The Bertz CT molecular complexity index is 3760. The maximum absolute atomic E-state index is 9.60. The Hall–Kier alpha value is -7.05. The van der Waals surface area contributed by atoms with E-state index in [4.69, 9.17) is 34.8 Å². The van der Waals surface area contributed by atoms with E-state index in [-0.39, 0.29) is 50.7 Å². The summed E-state index contributed by atoms with van der Waals surface area (Å²) in [7, 11) is 0. The van der Waals surface area contributed by atoms with Crippen LogP contribution in [0.25, 0.3) is 106 Å². The van der Waals surface area contributed by atoms with Gasteiger partial charge in [-0.15, -0.1) is 0 Å². The monoisotopic (exact) mass is 665 g/mol. The van der Waals surface area contributed by atoms with Crippen LogP contribution in [-0.4, -0.2) is 19.5 Å². The van der Waals surface area contributed by atoms with Crippen molar-refractivity contribution in [1.82, 2.24) is 19.5 Å². The number of hydrogen-bond acceptors (Lipinski definition) is 5. The summed E-state index contributed by atoms with van der Waals surface area (Å²) < 4.78 is 112. The Labute approximate surface area is 306 Å². The lowest BCUT2D eigenvalue weighted by atomic mass is 9.99. The number of hydrogen-bond donors (Lipinski definition) is 0. The van der Waals surface area contributed by atoms with Gasteiger partial charge in [0.1, 0.15) is 22.3 Å². The van der Waals surface area contributed by atoms with E-state index in [1.807, 2.05) is 83.4 Å². The summed E-state index contributed by atoms with van der Waals surface area (Å²) in [6, 6.07) is 21.8. The summed E-state index contributed by atoms with van der Waals surface area (Å²) in [5.74, 6) is 0.164. The molecule has 0 aliphatic rings. The summed E-state index contributed by atoms with van der Waals surface area (Å²) in [4.78, 5) is 14.7. The molecule has 6 nitrogen and oxygen atoms in total. The highest BCUT2D eigenvalue weighted by atomic mass is 16.3. The molecule has 0 amide bonds. The lowest BCUT2D eigenvalue weighted by Gasteiger charge is -2.11. The quantitative estimate of drug-likeness (QED) is 0.187. The minimum atomic E-state index is -0.692. The summed E-state index contributed by atoms with van der Waals surface area (Å²) in [6.07, 6.45) is 0. The van der Waals surface area contributed by atoms with E-state index in [0.717, 1.165) is 27.1 Å². The molecule has 6 heteroatoms. The zero-order valence-corrected chi connectivity index (χ0v) is 26.3. The molecule has 0 atom stereocenters. The minimum absolute atomic E-state index is 0.123. The molecule has 0 aliphatic carbocycles. The van der Waals surface area contributed by atoms with E-state index in [0.29, 0.717) is 22.2 Å². The predicted octanol–water partition coefficient (Wildman–Crippen LogP) is 11.8. The van der Waals surface area contributed by atoms with Crippen molar-refractivity contribution in [1.29, 1.82) is 0 Å². The second-order valence-electron chi connectivity index (χ2n) is 11.9. The summed E-state index contributed by atoms with van der Waals surface area (Å²) >= 11 is 0. The molecule has 51 heavy (non-hydrogen) atoms. The molecule has 0 spiro atoms. The number of benzene rings is 7. The van der Waals surface area contributed by atoms with Crippen molar-refractivity contribution in [3.05, 3.63) is 157 Å². The maximum Gasteiger partial charge on any atom is 0.238 e. The molecule has 0 N–H and O–H groups in total. The maximum atomic E-state index is 9.60. The van der Waals surface area contributed by atoms with Crippen molar-refractivity contribution in [2.45, 2.75) is 0 Å². The van der Waals surface area contributed by atoms with Crippen molar-refractivity contribution < 1.29 is 23.9 Å². The van der Waals surface area contributed by atoms with Crippen LogP contribution in [0.2, 0.25) is 0 Å². The molecule has 0 fully saturated rings. The van der Waals surface area contributed by atoms with Gasteiger partial charge in [0.2, 0.25) is 5.95 Å². The Morgan fingerprint density at radius 2 is 1.25 bits per heavy atom. The topological polar surface area (TPSA) is 69.9 Å². The molecule has 0 aliphatic heterocycles. The highest BCUT2D eigenvalue weighted by molar-refractivity contribution is 6.21. The second-order valence-corrected chi connectivity index (χ2v) is 11.9. The summed E-state index contributed by atoms with van der Waals surface area (Å²) in [5.41, 5.74) is 1.59. The van der Waals surface area contributed by atoms with Gasteiger partial charge in [-0.1, -0.05) is 121 Å². The molecule has 4 heterocycles. The lowest BCUT2D eigenvalue weighted by molar-refractivity contribution is 0.669. The van der Waals surface area contributed by atoms with Crippen molar-refractivity contribution in [2.75, 3.05) is 0 Å². The van der Waals surface area contributed by atoms with Gasteiger partial charge < -0.3 is 8.83 Å². The fraction of sp³-hybridized carbons (Fsp3) is 0. The van der Waals surface area contributed by atoms with Gasteiger partial charge in [-0.2, -0.15) is 9.97 Å².